The molecule has 0 saturated heterocycles. The van der Waals surface area contributed by atoms with Gasteiger partial charge in [-0.05, 0) is 30.3 Å². The summed E-state index contributed by atoms with van der Waals surface area (Å²) in [4.78, 5) is 45.8. The molecule has 0 aliphatic heterocycles. The smallest absolute Gasteiger partial charge is 0.416 e. The Bertz CT molecular complexity index is 1150. The number of nitrogens with zero attached hydrogens (tertiary/aromatic N) is 2. The van der Waals surface area contributed by atoms with Crippen LogP contribution in [0.2, 0.25) is 0 Å². The van der Waals surface area contributed by atoms with E-state index in [1.54, 1.807) is 6.07 Å². The number of benzene rings is 2. The Morgan fingerprint density at radius 1 is 1.12 bits per heavy atom. The fraction of sp³-hybridized carbons (Fsp3) is 0.238. The first kappa shape index (κ1) is 25.0. The molecule has 0 aliphatic carbocycles. The van der Waals surface area contributed by atoms with Gasteiger partial charge in [0.05, 0.1) is 28.7 Å². The number of methoxy groups -OCH3 is 1. The van der Waals surface area contributed by atoms with Gasteiger partial charge < -0.3 is 9.47 Å². The number of nitriles is 1. The molecule has 0 atom stereocenters. The molecule has 0 aliphatic rings. The van der Waals surface area contributed by atoms with Crippen molar-refractivity contribution in [2.24, 2.45) is 0 Å². The summed E-state index contributed by atoms with van der Waals surface area (Å²) in [6, 6.07) is 6.81. The predicted octanol–water partition coefficient (Wildman–Crippen LogP) is 4.37. The molecule has 12 heteroatoms. The molecule has 172 valence electrons. The third kappa shape index (κ3) is 6.60. The van der Waals surface area contributed by atoms with Crippen molar-refractivity contribution in [3.05, 3.63) is 63.2 Å². The van der Waals surface area contributed by atoms with E-state index < -0.39 is 63.9 Å². The van der Waals surface area contributed by atoms with Crippen LogP contribution in [-0.2, 0) is 20.5 Å². The molecular weight excluding hydrogens is 449 g/mol. The van der Waals surface area contributed by atoms with Crippen LogP contribution < -0.4 is 4.74 Å². The van der Waals surface area contributed by atoms with E-state index in [2.05, 4.69) is 4.74 Å². The number of rotatable bonds is 9. The minimum atomic E-state index is -4.68. The summed E-state index contributed by atoms with van der Waals surface area (Å²) in [6.07, 6.45) is -6.04. The zero-order valence-corrected chi connectivity index (χ0v) is 17.0. The Labute approximate surface area is 184 Å². The molecule has 9 nitrogen and oxygen atoms in total. The normalized spacial score (nSPS) is 10.8. The van der Waals surface area contributed by atoms with E-state index in [4.69, 9.17) is 10.00 Å². The number of nitro groups is 1. The maximum Gasteiger partial charge on any atom is 0.416 e. The Morgan fingerprint density at radius 2 is 1.82 bits per heavy atom. The Balaban J connectivity index is 2.29. The lowest BCUT2D eigenvalue weighted by Crippen LogP contribution is -2.12. The highest BCUT2D eigenvalue weighted by Gasteiger charge is 2.31. The third-order valence-corrected chi connectivity index (χ3v) is 4.32. The lowest BCUT2D eigenvalue weighted by Gasteiger charge is -2.12. The fourth-order valence-electron chi connectivity index (χ4n) is 2.68. The van der Waals surface area contributed by atoms with Gasteiger partial charge in [0, 0.05) is 18.9 Å². The summed E-state index contributed by atoms with van der Waals surface area (Å²) in [7, 11) is 1.09. The number of ketones is 2. The van der Waals surface area contributed by atoms with Gasteiger partial charge in [-0.15, -0.1) is 0 Å². The molecule has 0 saturated carbocycles. The Morgan fingerprint density at radius 3 is 2.39 bits per heavy atom. The van der Waals surface area contributed by atoms with E-state index in [0.29, 0.717) is 12.1 Å². The van der Waals surface area contributed by atoms with Crippen molar-refractivity contribution in [1.29, 1.82) is 5.26 Å². The highest BCUT2D eigenvalue weighted by atomic mass is 19.4. The van der Waals surface area contributed by atoms with E-state index in [9.17, 15) is 37.7 Å². The van der Waals surface area contributed by atoms with Crippen LogP contribution in [0.15, 0.2) is 36.4 Å². The number of hydrogen-bond donors (Lipinski definition) is 0. The van der Waals surface area contributed by atoms with Crippen molar-refractivity contribution in [2.75, 3.05) is 7.11 Å². The van der Waals surface area contributed by atoms with Crippen LogP contribution in [0.4, 0.5) is 18.9 Å². The van der Waals surface area contributed by atoms with Crippen LogP contribution >= 0.6 is 0 Å². The molecule has 2 aromatic carbocycles. The molecule has 2 aromatic rings. The number of carbonyl (C=O) groups excluding carboxylic acids is 3. The summed E-state index contributed by atoms with van der Waals surface area (Å²) in [5, 5.41) is 20.4. The first-order chi connectivity index (χ1) is 15.5. The van der Waals surface area contributed by atoms with E-state index in [0.717, 1.165) is 31.4 Å². The minimum Gasteiger partial charge on any atom is -0.469 e. The maximum atomic E-state index is 12.8. The number of ether oxygens (including phenoxy) is 2. The van der Waals surface area contributed by atoms with E-state index in [1.165, 1.54) is 0 Å². The lowest BCUT2D eigenvalue weighted by molar-refractivity contribution is -0.385. The first-order valence-electron chi connectivity index (χ1n) is 9.15. The number of hydrogen-bond acceptors (Lipinski definition) is 8. The Hall–Kier alpha value is -4.27. The summed E-state index contributed by atoms with van der Waals surface area (Å²) < 4.78 is 48.3. The molecule has 0 radical (unpaired) electrons. The van der Waals surface area contributed by atoms with Crippen molar-refractivity contribution < 1.29 is 42.0 Å². The average molecular weight is 464 g/mol. The zero-order chi connectivity index (χ0) is 24.8. The van der Waals surface area contributed by atoms with Crippen molar-refractivity contribution >= 4 is 23.2 Å². The molecule has 0 heterocycles. The van der Waals surface area contributed by atoms with Gasteiger partial charge >= 0.3 is 12.1 Å². The topological polar surface area (TPSA) is 137 Å². The largest absolute Gasteiger partial charge is 0.469 e. The molecule has 0 aromatic heterocycles. The lowest BCUT2D eigenvalue weighted by atomic mass is 10.0. The molecule has 0 amide bonds. The number of carbonyl (C=O) groups is 3. The highest BCUT2D eigenvalue weighted by molar-refractivity contribution is 6.03. The molecular formula is C21H15F3N2O7. The second-order valence-electron chi connectivity index (χ2n) is 6.57. The fourth-order valence-corrected chi connectivity index (χ4v) is 2.68. The van der Waals surface area contributed by atoms with Crippen molar-refractivity contribution in [3.63, 3.8) is 0 Å². The molecule has 33 heavy (non-hydrogen) atoms. The van der Waals surface area contributed by atoms with Gasteiger partial charge in [-0.25, -0.2) is 0 Å². The quantitative estimate of drug-likeness (QED) is 0.175. The average Bonchev–Trinajstić information content (AvgIpc) is 2.76. The van der Waals surface area contributed by atoms with Crippen LogP contribution in [0.3, 0.4) is 0 Å². The monoisotopic (exact) mass is 464 g/mol. The molecule has 2 rings (SSSR count). The molecule has 0 spiro atoms. The van der Waals surface area contributed by atoms with Gasteiger partial charge in [0.2, 0.25) is 0 Å². The minimum absolute atomic E-state index is 0.152. The van der Waals surface area contributed by atoms with Crippen LogP contribution in [0.5, 0.6) is 11.5 Å². The molecule has 0 unspecified atom stereocenters. The van der Waals surface area contributed by atoms with Gasteiger partial charge in [-0.1, -0.05) is 0 Å². The predicted molar refractivity (Wildman–Crippen MR) is 105 cm³/mol. The van der Waals surface area contributed by atoms with Gasteiger partial charge in [-0.2, -0.15) is 18.4 Å². The van der Waals surface area contributed by atoms with Gasteiger partial charge in [0.15, 0.2) is 5.78 Å². The first-order valence-corrected chi connectivity index (χ1v) is 9.15. The van der Waals surface area contributed by atoms with Crippen LogP contribution in [0.25, 0.3) is 0 Å². The summed E-state index contributed by atoms with van der Waals surface area (Å²) in [5.74, 6) is -2.60. The van der Waals surface area contributed by atoms with E-state index >= 15 is 0 Å². The van der Waals surface area contributed by atoms with Gasteiger partial charge in [-0.3, -0.25) is 24.5 Å². The Kier molecular flexibility index (Phi) is 7.85. The third-order valence-electron chi connectivity index (χ3n) is 4.32. The van der Waals surface area contributed by atoms with Crippen LogP contribution in [0.1, 0.15) is 40.7 Å². The van der Waals surface area contributed by atoms with Crippen LogP contribution in [-0.4, -0.2) is 29.6 Å². The SMILES string of the molecule is COC(=O)CC(=O)CCC(=O)c1cc(Oc2ccc(C(F)(F)F)cc2C#N)ccc1[N+](=O)[O-]. The maximum absolute atomic E-state index is 12.8. The summed E-state index contributed by atoms with van der Waals surface area (Å²) in [5.41, 5.74) is -2.50. The van der Waals surface area contributed by atoms with E-state index in [1.807, 2.05) is 0 Å². The van der Waals surface area contributed by atoms with Gasteiger partial charge in [0.25, 0.3) is 5.69 Å². The number of Topliss-reactive ketones (excluding diaryl/α,β-unsaturated/α-hetero) is 2. The summed E-state index contributed by atoms with van der Waals surface area (Å²) in [6.45, 7) is 0. The van der Waals surface area contributed by atoms with E-state index in [-0.39, 0.29) is 17.9 Å². The molecule has 0 fully saturated rings. The van der Waals surface area contributed by atoms with Crippen molar-refractivity contribution in [2.45, 2.75) is 25.4 Å². The second kappa shape index (κ2) is 10.4. The summed E-state index contributed by atoms with van der Waals surface area (Å²) >= 11 is 0. The van der Waals surface area contributed by atoms with Crippen molar-refractivity contribution in [1.82, 2.24) is 0 Å². The highest BCUT2D eigenvalue weighted by Crippen LogP contribution is 2.35. The second-order valence-corrected chi connectivity index (χ2v) is 6.57. The number of esters is 1. The number of alkyl halides is 3. The standard InChI is InChI=1S/C21H15F3N2O7/c1-32-20(29)9-14(27)3-6-18(28)16-10-15(4-5-17(16)26(30)31)33-19-7-2-13(21(22,23)24)8-12(19)11-25/h2,4-5,7-8,10H,3,6,9H2,1H3. The zero-order valence-electron chi connectivity index (χ0n) is 17.0. The van der Waals surface area contributed by atoms with Crippen LogP contribution in [0, 0.1) is 21.4 Å². The molecule has 0 N–H and O–H groups in total. The number of nitro benzene ring substituents is 1. The van der Waals surface area contributed by atoms with Crippen molar-refractivity contribution in [3.8, 4) is 17.6 Å². The molecule has 0 bridgehead atoms. The van der Waals surface area contributed by atoms with Gasteiger partial charge in [0.1, 0.15) is 29.8 Å². The number of halogens is 3.